The lowest BCUT2D eigenvalue weighted by molar-refractivity contribution is -0.144. The van der Waals surface area contributed by atoms with E-state index in [-0.39, 0.29) is 35.3 Å². The zero-order chi connectivity index (χ0) is 45.2. The van der Waals surface area contributed by atoms with Crippen LogP contribution in [0, 0.1) is 0 Å². The third-order valence-electron chi connectivity index (χ3n) is 8.31. The average molecular weight is 936 g/mol. The van der Waals surface area contributed by atoms with Gasteiger partial charge in [-0.05, 0) is 48.5 Å². The number of alkyl halides is 15. The maximum Gasteiger partial charge on any atom is 0.416 e. The lowest BCUT2D eigenvalue weighted by atomic mass is 10.0. The van der Waals surface area contributed by atoms with Crippen LogP contribution in [0.1, 0.15) is 22.3 Å². The van der Waals surface area contributed by atoms with Gasteiger partial charge in [0.25, 0.3) is 11.6 Å². The van der Waals surface area contributed by atoms with Gasteiger partial charge in [-0.3, -0.25) is 0 Å². The highest BCUT2D eigenvalue weighted by Gasteiger charge is 2.39. The molecule has 0 radical (unpaired) electrons. The first-order valence-electron chi connectivity index (χ1n) is 17.1. The molecule has 8 aromatic rings. The van der Waals surface area contributed by atoms with Crippen molar-refractivity contribution in [2.45, 2.75) is 29.0 Å². The molecule has 0 atom stereocenters. The van der Waals surface area contributed by atoms with Crippen molar-refractivity contribution in [2.75, 3.05) is 0 Å². The fourth-order valence-electron chi connectivity index (χ4n) is 5.66. The number of benzene rings is 4. The van der Waals surface area contributed by atoms with Gasteiger partial charge in [0.15, 0.2) is 15.9 Å². The molecule has 322 valence electrons. The fourth-order valence-corrected chi connectivity index (χ4v) is 5.66. The van der Waals surface area contributed by atoms with E-state index in [0.29, 0.717) is 35.7 Å². The minimum absolute atomic E-state index is 0.0484. The number of rotatable bonds is 4. The van der Waals surface area contributed by atoms with E-state index in [4.69, 9.17) is 34.8 Å². The molecular formula is C39H21Cl3F12N8. The number of aromatic nitrogens is 8. The van der Waals surface area contributed by atoms with Gasteiger partial charge in [-0.15, -0.1) is 10.2 Å². The van der Waals surface area contributed by atoms with Crippen molar-refractivity contribution in [3.8, 4) is 45.3 Å². The van der Waals surface area contributed by atoms with Crippen LogP contribution >= 0.6 is 34.8 Å². The summed E-state index contributed by atoms with van der Waals surface area (Å²) >= 11 is 14.4. The average Bonchev–Trinajstić information content (AvgIpc) is 3.85. The van der Waals surface area contributed by atoms with E-state index in [2.05, 4.69) is 30.1 Å². The van der Waals surface area contributed by atoms with E-state index < -0.39 is 62.4 Å². The maximum atomic E-state index is 13.1. The molecule has 4 aromatic carbocycles. The molecule has 8 nitrogen and oxygen atoms in total. The Labute approximate surface area is 355 Å². The molecule has 0 N–H and O–H groups in total. The van der Waals surface area contributed by atoms with E-state index in [1.165, 1.54) is 21.4 Å². The maximum absolute atomic E-state index is 13.1. The molecule has 8 rings (SSSR count). The van der Waals surface area contributed by atoms with E-state index in [9.17, 15) is 52.7 Å². The van der Waals surface area contributed by atoms with Gasteiger partial charge in [0.2, 0.25) is 0 Å². The van der Waals surface area contributed by atoms with E-state index >= 15 is 0 Å². The predicted molar refractivity (Wildman–Crippen MR) is 205 cm³/mol. The van der Waals surface area contributed by atoms with Crippen molar-refractivity contribution in [1.82, 2.24) is 39.2 Å². The molecule has 0 unspecified atom stereocenters. The summed E-state index contributed by atoms with van der Waals surface area (Å²) in [5.74, 6) is -0.491. The molecule has 4 heterocycles. The first-order chi connectivity index (χ1) is 29.0. The van der Waals surface area contributed by atoms with E-state index in [1.54, 1.807) is 72.8 Å². The van der Waals surface area contributed by atoms with Gasteiger partial charge in [0.05, 0.1) is 33.6 Å². The van der Waals surface area contributed by atoms with Gasteiger partial charge in [-0.25, -0.2) is 9.97 Å². The smallest absolute Gasteiger partial charge is 0.220 e. The standard InChI is InChI=1S/2C19H10F6N4.CHCl3/c2*20-18(21,22)13-8-12(9-14(10-13)19(23,24)25)16-27-17-26-7-6-15(29(17)28-16)11-4-2-1-3-5-11;2-1(3)4/h2*1-10H;1H. The van der Waals surface area contributed by atoms with Crippen molar-refractivity contribution in [2.24, 2.45) is 0 Å². The van der Waals surface area contributed by atoms with Gasteiger partial charge in [0.1, 0.15) is 0 Å². The number of hydrogen-bond donors (Lipinski definition) is 0. The van der Waals surface area contributed by atoms with Crippen LogP contribution in [-0.2, 0) is 24.7 Å². The Balaban J connectivity index is 0.000000191. The minimum Gasteiger partial charge on any atom is -0.220 e. The van der Waals surface area contributed by atoms with Crippen molar-refractivity contribution in [3.63, 3.8) is 0 Å². The summed E-state index contributed by atoms with van der Waals surface area (Å²) in [5, 5.41) is 8.23. The first kappa shape index (κ1) is 45.5. The number of hydrogen-bond acceptors (Lipinski definition) is 6. The lowest BCUT2D eigenvalue weighted by Gasteiger charge is -2.13. The molecule has 0 fully saturated rings. The molecule has 0 bridgehead atoms. The molecule has 0 amide bonds. The number of nitrogens with zero attached hydrogens (tertiary/aromatic N) is 8. The Morgan fingerprint density at radius 3 is 0.968 bits per heavy atom. The third-order valence-corrected chi connectivity index (χ3v) is 8.31. The Hall–Kier alpha value is -5.99. The molecule has 62 heavy (non-hydrogen) atoms. The van der Waals surface area contributed by atoms with Gasteiger partial charge in [0, 0.05) is 34.6 Å². The van der Waals surface area contributed by atoms with Gasteiger partial charge < -0.3 is 0 Å². The Morgan fingerprint density at radius 1 is 0.403 bits per heavy atom. The summed E-state index contributed by atoms with van der Waals surface area (Å²) < 4.78 is 159. The second kappa shape index (κ2) is 17.8. The predicted octanol–water partition coefficient (Wildman–Crippen LogP) is 13.0. The quantitative estimate of drug-likeness (QED) is 0.129. The van der Waals surface area contributed by atoms with Crippen LogP contribution in [0.25, 0.3) is 56.8 Å². The Bertz CT molecular complexity index is 2550. The summed E-state index contributed by atoms with van der Waals surface area (Å²) in [5.41, 5.74) is -4.00. The van der Waals surface area contributed by atoms with Crippen LogP contribution in [0.15, 0.2) is 122 Å². The molecule has 23 heteroatoms. The van der Waals surface area contributed by atoms with Gasteiger partial charge >= 0.3 is 24.7 Å². The van der Waals surface area contributed by atoms with Crippen molar-refractivity contribution in [1.29, 1.82) is 0 Å². The Morgan fingerprint density at radius 2 is 0.694 bits per heavy atom. The summed E-state index contributed by atoms with van der Waals surface area (Å²) in [6.45, 7) is 0. The highest BCUT2D eigenvalue weighted by atomic mass is 35.6. The molecule has 0 saturated carbocycles. The van der Waals surface area contributed by atoms with E-state index in [1.807, 2.05) is 0 Å². The second-order valence-electron chi connectivity index (χ2n) is 12.5. The van der Waals surface area contributed by atoms with Crippen molar-refractivity contribution in [3.05, 3.63) is 144 Å². The summed E-state index contributed by atoms with van der Waals surface area (Å²) in [6.07, 6.45) is -17.0. The number of fused-ring (bicyclic) bond motifs is 2. The first-order valence-corrected chi connectivity index (χ1v) is 18.4. The van der Waals surface area contributed by atoms with Crippen LogP contribution in [-0.4, -0.2) is 43.5 Å². The largest absolute Gasteiger partial charge is 0.416 e. The summed E-state index contributed by atoms with van der Waals surface area (Å²) in [7, 11) is 0. The minimum atomic E-state index is -4.96. The zero-order valence-corrected chi connectivity index (χ0v) is 32.6. The highest BCUT2D eigenvalue weighted by Crippen LogP contribution is 2.40. The zero-order valence-electron chi connectivity index (χ0n) is 30.4. The Kier molecular flexibility index (Phi) is 13.1. The number of halogens is 15. The molecule has 0 aliphatic carbocycles. The van der Waals surface area contributed by atoms with E-state index in [0.717, 1.165) is 11.1 Å². The summed E-state index contributed by atoms with van der Waals surface area (Å²) in [4.78, 5) is 16.0. The molecule has 0 saturated heterocycles. The normalized spacial score (nSPS) is 12.3. The molecule has 0 spiro atoms. The fraction of sp³-hybridized carbons (Fsp3) is 0.128. The highest BCUT2D eigenvalue weighted by molar-refractivity contribution is 6.63. The second-order valence-corrected chi connectivity index (χ2v) is 14.5. The van der Waals surface area contributed by atoms with Gasteiger partial charge in [-0.2, -0.15) is 71.7 Å². The van der Waals surface area contributed by atoms with Crippen molar-refractivity contribution >= 4 is 46.4 Å². The van der Waals surface area contributed by atoms with Crippen LogP contribution in [0.2, 0.25) is 0 Å². The summed E-state index contributed by atoms with van der Waals surface area (Å²) in [6, 6.07) is 23.6. The monoisotopic (exact) mass is 934 g/mol. The molecule has 0 aliphatic heterocycles. The lowest BCUT2D eigenvalue weighted by Crippen LogP contribution is -2.11. The van der Waals surface area contributed by atoms with Crippen LogP contribution in [0.4, 0.5) is 52.7 Å². The molecule has 4 aromatic heterocycles. The topological polar surface area (TPSA) is 86.2 Å². The molecule has 0 aliphatic rings. The third kappa shape index (κ3) is 10.9. The van der Waals surface area contributed by atoms with Crippen LogP contribution in [0.5, 0.6) is 0 Å². The van der Waals surface area contributed by atoms with Crippen LogP contribution in [0.3, 0.4) is 0 Å². The van der Waals surface area contributed by atoms with Crippen molar-refractivity contribution < 1.29 is 52.7 Å². The van der Waals surface area contributed by atoms with Gasteiger partial charge in [-0.1, -0.05) is 95.5 Å². The SMILES string of the molecule is ClC(Cl)Cl.FC(F)(F)c1cc(-c2nc3nccc(-c4ccccc4)n3n2)cc(C(F)(F)F)c1.FC(F)(F)c1cc(-c2nc3nccc(-c4ccccc4)n3n2)cc(C(F)(F)F)c1. The molecular weight excluding hydrogens is 915 g/mol. The van der Waals surface area contributed by atoms with Crippen LogP contribution < -0.4 is 0 Å².